The number of aromatic nitrogens is 2. The van der Waals surface area contributed by atoms with Crippen molar-refractivity contribution >= 4 is 17.0 Å². The molecule has 18 heavy (non-hydrogen) atoms. The van der Waals surface area contributed by atoms with E-state index < -0.39 is 24.6 Å². The lowest BCUT2D eigenvalue weighted by Crippen LogP contribution is -2.21. The topological polar surface area (TPSA) is 126 Å². The van der Waals surface area contributed by atoms with Gasteiger partial charge in [0.05, 0.1) is 23.6 Å². The van der Waals surface area contributed by atoms with Gasteiger partial charge in [0.25, 0.3) is 0 Å². The summed E-state index contributed by atoms with van der Waals surface area (Å²) in [5.74, 6) is -1.20. The lowest BCUT2D eigenvalue weighted by atomic mass is 10.0. The minimum atomic E-state index is -1.40. The Morgan fingerprint density at radius 1 is 1.22 bits per heavy atom. The zero-order valence-corrected chi connectivity index (χ0v) is 9.25. The molecule has 0 spiro atoms. The summed E-state index contributed by atoms with van der Waals surface area (Å²) in [6.07, 6.45) is -3.27. The molecule has 0 amide bonds. The fourth-order valence-corrected chi connectivity index (χ4v) is 1.75. The molecule has 1 aromatic heterocycles. The minimum Gasteiger partial charge on any atom is -0.481 e. The van der Waals surface area contributed by atoms with Crippen LogP contribution in [0.15, 0.2) is 23.0 Å². The first-order valence-corrected chi connectivity index (χ1v) is 5.27. The third-order valence-electron chi connectivity index (χ3n) is 2.63. The van der Waals surface area contributed by atoms with Crippen LogP contribution in [0.3, 0.4) is 0 Å². The third-order valence-corrected chi connectivity index (χ3v) is 2.63. The van der Waals surface area contributed by atoms with Crippen LogP contribution in [-0.4, -0.2) is 37.4 Å². The SMILES string of the molecule is O=C(O)CC(O)C(O)c1ccc2[nH]c(=O)[nH]c2c1. The highest BCUT2D eigenvalue weighted by Gasteiger charge is 2.21. The van der Waals surface area contributed by atoms with Gasteiger partial charge < -0.3 is 25.3 Å². The molecule has 1 aromatic carbocycles. The van der Waals surface area contributed by atoms with Gasteiger partial charge in [-0.25, -0.2) is 4.79 Å². The molecule has 0 bridgehead atoms. The van der Waals surface area contributed by atoms with Gasteiger partial charge in [0.1, 0.15) is 6.10 Å². The van der Waals surface area contributed by atoms with Crippen LogP contribution < -0.4 is 5.69 Å². The molecular weight excluding hydrogens is 240 g/mol. The Morgan fingerprint density at radius 2 is 1.89 bits per heavy atom. The van der Waals surface area contributed by atoms with Crippen molar-refractivity contribution in [1.29, 1.82) is 0 Å². The number of carboxylic acid groups (broad SMARTS) is 1. The number of aromatic amines is 2. The maximum atomic E-state index is 11.0. The Morgan fingerprint density at radius 3 is 2.56 bits per heavy atom. The summed E-state index contributed by atoms with van der Waals surface area (Å²) < 4.78 is 0. The number of rotatable bonds is 4. The van der Waals surface area contributed by atoms with Crippen LogP contribution >= 0.6 is 0 Å². The molecule has 1 heterocycles. The van der Waals surface area contributed by atoms with Crippen molar-refractivity contribution in [2.24, 2.45) is 0 Å². The van der Waals surface area contributed by atoms with Gasteiger partial charge in [-0.2, -0.15) is 0 Å². The van der Waals surface area contributed by atoms with Crippen molar-refractivity contribution in [3.8, 4) is 0 Å². The van der Waals surface area contributed by atoms with E-state index in [0.717, 1.165) is 0 Å². The number of nitrogens with one attached hydrogen (secondary N) is 2. The van der Waals surface area contributed by atoms with E-state index in [2.05, 4.69) is 9.97 Å². The molecule has 5 N–H and O–H groups in total. The molecule has 0 radical (unpaired) electrons. The van der Waals surface area contributed by atoms with Gasteiger partial charge in [-0.15, -0.1) is 0 Å². The largest absolute Gasteiger partial charge is 0.481 e. The minimum absolute atomic E-state index is 0.339. The number of carbonyl (C=O) groups is 1. The molecule has 0 fully saturated rings. The Balaban J connectivity index is 2.29. The number of aliphatic carboxylic acids is 1. The van der Waals surface area contributed by atoms with E-state index in [1.165, 1.54) is 12.1 Å². The van der Waals surface area contributed by atoms with Crippen LogP contribution in [-0.2, 0) is 4.79 Å². The molecule has 2 aromatic rings. The normalized spacial score (nSPS) is 14.6. The Hall–Kier alpha value is -2.12. The first-order valence-electron chi connectivity index (χ1n) is 5.27. The zero-order chi connectivity index (χ0) is 13.3. The Labute approximate surface area is 101 Å². The molecule has 0 aliphatic heterocycles. The highest BCUT2D eigenvalue weighted by molar-refractivity contribution is 5.75. The number of H-pyrrole nitrogens is 2. The van der Waals surface area contributed by atoms with Gasteiger partial charge in [0, 0.05) is 0 Å². The monoisotopic (exact) mass is 252 g/mol. The second-order valence-electron chi connectivity index (χ2n) is 3.99. The van der Waals surface area contributed by atoms with Gasteiger partial charge in [-0.05, 0) is 17.7 Å². The van der Waals surface area contributed by atoms with Crippen LogP contribution in [0.25, 0.3) is 11.0 Å². The van der Waals surface area contributed by atoms with Crippen LogP contribution in [0, 0.1) is 0 Å². The second kappa shape index (κ2) is 4.63. The summed E-state index contributed by atoms with van der Waals surface area (Å²) in [5, 5.41) is 27.8. The molecular formula is C11H12N2O5. The van der Waals surface area contributed by atoms with E-state index in [1.807, 2.05) is 0 Å². The predicted molar refractivity (Wildman–Crippen MR) is 62.1 cm³/mol. The number of aliphatic hydroxyl groups is 2. The van der Waals surface area contributed by atoms with Crippen LogP contribution in [0.4, 0.5) is 0 Å². The summed E-state index contributed by atoms with van der Waals surface area (Å²) in [5.41, 5.74) is 1.02. The average Bonchev–Trinajstić information content (AvgIpc) is 2.65. The molecule has 0 aliphatic rings. The average molecular weight is 252 g/mol. The molecule has 0 saturated heterocycles. The summed E-state index contributed by atoms with van der Waals surface area (Å²) in [4.78, 5) is 26.5. The van der Waals surface area contributed by atoms with E-state index >= 15 is 0 Å². The van der Waals surface area contributed by atoms with Crippen molar-refractivity contribution in [3.63, 3.8) is 0 Å². The molecule has 7 heteroatoms. The summed E-state index contributed by atoms with van der Waals surface area (Å²) in [6.45, 7) is 0. The van der Waals surface area contributed by atoms with E-state index in [0.29, 0.717) is 16.6 Å². The lowest BCUT2D eigenvalue weighted by molar-refractivity contribution is -0.141. The number of hydrogen-bond acceptors (Lipinski definition) is 4. The van der Waals surface area contributed by atoms with Crippen molar-refractivity contribution in [1.82, 2.24) is 9.97 Å². The summed E-state index contributed by atoms with van der Waals surface area (Å²) in [7, 11) is 0. The number of carboxylic acids is 1. The predicted octanol–water partition coefficient (Wildman–Crippen LogP) is -0.275. The van der Waals surface area contributed by atoms with Gasteiger partial charge in [0.2, 0.25) is 0 Å². The third kappa shape index (κ3) is 2.41. The quantitative estimate of drug-likeness (QED) is 0.511. The van der Waals surface area contributed by atoms with Gasteiger partial charge in [0.15, 0.2) is 0 Å². The maximum Gasteiger partial charge on any atom is 0.323 e. The van der Waals surface area contributed by atoms with Crippen molar-refractivity contribution in [2.75, 3.05) is 0 Å². The zero-order valence-electron chi connectivity index (χ0n) is 9.25. The van der Waals surface area contributed by atoms with Crippen molar-refractivity contribution in [3.05, 3.63) is 34.2 Å². The highest BCUT2D eigenvalue weighted by atomic mass is 16.4. The molecule has 2 unspecified atom stereocenters. The van der Waals surface area contributed by atoms with E-state index in [4.69, 9.17) is 5.11 Å². The summed E-state index contributed by atoms with van der Waals surface area (Å²) in [6, 6.07) is 4.57. The van der Waals surface area contributed by atoms with Crippen LogP contribution in [0.5, 0.6) is 0 Å². The van der Waals surface area contributed by atoms with Gasteiger partial charge >= 0.3 is 11.7 Å². The fraction of sp³-hybridized carbons (Fsp3) is 0.273. The van der Waals surface area contributed by atoms with E-state index in [1.54, 1.807) is 6.07 Å². The first kappa shape index (κ1) is 12.3. The number of hydrogen-bond donors (Lipinski definition) is 5. The van der Waals surface area contributed by atoms with E-state index in [9.17, 15) is 19.8 Å². The molecule has 2 atom stereocenters. The maximum absolute atomic E-state index is 11.0. The Bertz CT molecular complexity index is 630. The first-order chi connectivity index (χ1) is 8.47. The highest BCUT2D eigenvalue weighted by Crippen LogP contribution is 2.21. The molecule has 96 valence electrons. The number of aliphatic hydroxyl groups excluding tert-OH is 2. The fourth-order valence-electron chi connectivity index (χ4n) is 1.75. The number of benzene rings is 1. The number of fused-ring (bicyclic) bond motifs is 1. The number of imidazole rings is 1. The molecule has 7 nitrogen and oxygen atoms in total. The molecule has 0 saturated carbocycles. The van der Waals surface area contributed by atoms with Crippen LogP contribution in [0.2, 0.25) is 0 Å². The van der Waals surface area contributed by atoms with Gasteiger partial charge in [-0.1, -0.05) is 6.07 Å². The van der Waals surface area contributed by atoms with Gasteiger partial charge in [-0.3, -0.25) is 4.79 Å². The van der Waals surface area contributed by atoms with Crippen LogP contribution in [0.1, 0.15) is 18.1 Å². The standard InChI is InChI=1S/C11H12N2O5/c14-8(4-9(15)16)10(17)5-1-2-6-7(3-5)13-11(18)12-6/h1-3,8,10,14,17H,4H2,(H,15,16)(H2,12,13,18). The lowest BCUT2D eigenvalue weighted by Gasteiger charge is -2.16. The molecule has 0 aliphatic carbocycles. The van der Waals surface area contributed by atoms with Crippen molar-refractivity contribution in [2.45, 2.75) is 18.6 Å². The Kier molecular flexibility index (Phi) is 3.17. The smallest absolute Gasteiger partial charge is 0.323 e. The summed E-state index contributed by atoms with van der Waals surface area (Å²) >= 11 is 0. The van der Waals surface area contributed by atoms with E-state index in [-0.39, 0.29) is 5.69 Å². The second-order valence-corrected chi connectivity index (χ2v) is 3.99. The van der Waals surface area contributed by atoms with Crippen molar-refractivity contribution < 1.29 is 20.1 Å². The molecule has 2 rings (SSSR count).